The Hall–Kier alpha value is -2.01. The van der Waals surface area contributed by atoms with Crippen LogP contribution < -0.4 is 11.1 Å². The summed E-state index contributed by atoms with van der Waals surface area (Å²) in [7, 11) is 0. The van der Waals surface area contributed by atoms with Crippen LogP contribution >= 0.6 is 0 Å². The van der Waals surface area contributed by atoms with Crippen LogP contribution in [0.5, 0.6) is 0 Å². The lowest BCUT2D eigenvalue weighted by molar-refractivity contribution is 0.565. The molecule has 2 aromatic rings. The van der Waals surface area contributed by atoms with Gasteiger partial charge < -0.3 is 11.1 Å². The molecule has 0 aliphatic rings. The third kappa shape index (κ3) is 3.06. The highest BCUT2D eigenvalue weighted by Gasteiger charge is 2.17. The van der Waals surface area contributed by atoms with E-state index in [0.29, 0.717) is 23.5 Å². The van der Waals surface area contributed by atoms with E-state index in [9.17, 15) is 8.78 Å². The average Bonchev–Trinajstić information content (AvgIpc) is 2.36. The molecule has 0 spiro atoms. The SMILES string of the molecule is CCNC(c1cc(F)cc(F)c1)c1cccnc1N. The van der Waals surface area contributed by atoms with Crippen molar-refractivity contribution < 1.29 is 8.78 Å². The van der Waals surface area contributed by atoms with Crippen LogP contribution in [0.2, 0.25) is 0 Å². The van der Waals surface area contributed by atoms with E-state index in [1.54, 1.807) is 18.3 Å². The molecule has 5 heteroatoms. The van der Waals surface area contributed by atoms with E-state index < -0.39 is 11.6 Å². The molecule has 2 rings (SSSR count). The van der Waals surface area contributed by atoms with Crippen LogP contribution in [0, 0.1) is 11.6 Å². The molecule has 0 radical (unpaired) electrons. The summed E-state index contributed by atoms with van der Waals surface area (Å²) < 4.78 is 26.7. The summed E-state index contributed by atoms with van der Waals surface area (Å²) in [4.78, 5) is 4.00. The minimum absolute atomic E-state index is 0.345. The Morgan fingerprint density at radius 2 is 1.95 bits per heavy atom. The largest absolute Gasteiger partial charge is 0.383 e. The van der Waals surface area contributed by atoms with E-state index in [4.69, 9.17) is 5.73 Å². The molecule has 0 saturated heterocycles. The molecule has 1 atom stereocenters. The van der Waals surface area contributed by atoms with Gasteiger partial charge in [0.2, 0.25) is 0 Å². The van der Waals surface area contributed by atoms with Crippen molar-refractivity contribution >= 4 is 5.82 Å². The first-order chi connectivity index (χ1) is 9.11. The molecule has 0 saturated carbocycles. The second-order valence-corrected chi connectivity index (χ2v) is 4.17. The van der Waals surface area contributed by atoms with Gasteiger partial charge in [0.1, 0.15) is 17.5 Å². The molecular weight excluding hydrogens is 248 g/mol. The van der Waals surface area contributed by atoms with Crippen LogP contribution in [-0.4, -0.2) is 11.5 Å². The molecule has 3 N–H and O–H groups in total. The van der Waals surface area contributed by atoms with Crippen molar-refractivity contribution in [2.45, 2.75) is 13.0 Å². The summed E-state index contributed by atoms with van der Waals surface area (Å²) in [6, 6.07) is 6.58. The molecule has 1 unspecified atom stereocenters. The predicted octanol–water partition coefficient (Wildman–Crippen LogP) is 2.64. The maximum atomic E-state index is 13.3. The molecule has 1 aromatic heterocycles. The first-order valence-electron chi connectivity index (χ1n) is 6.01. The van der Waals surface area contributed by atoms with E-state index in [-0.39, 0.29) is 6.04 Å². The van der Waals surface area contributed by atoms with Crippen molar-refractivity contribution in [1.82, 2.24) is 10.3 Å². The summed E-state index contributed by atoms with van der Waals surface area (Å²) in [5.74, 6) is -0.876. The van der Waals surface area contributed by atoms with Crippen LogP contribution in [0.3, 0.4) is 0 Å². The van der Waals surface area contributed by atoms with E-state index in [1.165, 1.54) is 12.1 Å². The highest BCUT2D eigenvalue weighted by atomic mass is 19.1. The quantitative estimate of drug-likeness (QED) is 0.891. The zero-order valence-electron chi connectivity index (χ0n) is 10.5. The monoisotopic (exact) mass is 263 g/mol. The smallest absolute Gasteiger partial charge is 0.128 e. The van der Waals surface area contributed by atoms with Crippen molar-refractivity contribution in [2.24, 2.45) is 0 Å². The number of aromatic nitrogens is 1. The standard InChI is InChI=1S/C14H15F2N3/c1-2-18-13(12-4-3-5-19-14(12)17)9-6-10(15)8-11(16)7-9/h3-8,13,18H,2H2,1H3,(H2,17,19). The molecule has 1 aromatic carbocycles. The van der Waals surface area contributed by atoms with Gasteiger partial charge in [-0.25, -0.2) is 13.8 Å². The van der Waals surface area contributed by atoms with Gasteiger partial charge in [0.15, 0.2) is 0 Å². The number of nitrogens with zero attached hydrogens (tertiary/aromatic N) is 1. The average molecular weight is 263 g/mol. The fourth-order valence-corrected chi connectivity index (χ4v) is 2.03. The Balaban J connectivity index is 2.48. The first kappa shape index (κ1) is 13.4. The van der Waals surface area contributed by atoms with Gasteiger partial charge in [0.05, 0.1) is 6.04 Å². The summed E-state index contributed by atoms with van der Waals surface area (Å²) in [5, 5.41) is 3.16. The number of benzene rings is 1. The number of nitrogens with two attached hydrogens (primary N) is 1. The summed E-state index contributed by atoms with van der Waals surface area (Å²) in [5.41, 5.74) is 7.01. The van der Waals surface area contributed by atoms with Crippen molar-refractivity contribution in [3.8, 4) is 0 Å². The van der Waals surface area contributed by atoms with Gasteiger partial charge in [-0.05, 0) is 30.3 Å². The number of pyridine rings is 1. The van der Waals surface area contributed by atoms with Gasteiger partial charge in [-0.1, -0.05) is 13.0 Å². The lowest BCUT2D eigenvalue weighted by atomic mass is 9.99. The normalized spacial score (nSPS) is 12.4. The number of halogens is 2. The maximum absolute atomic E-state index is 13.3. The number of hydrogen-bond donors (Lipinski definition) is 2. The van der Waals surface area contributed by atoms with Crippen molar-refractivity contribution in [1.29, 1.82) is 0 Å². The van der Waals surface area contributed by atoms with Gasteiger partial charge in [0.25, 0.3) is 0 Å². The predicted molar refractivity (Wildman–Crippen MR) is 70.5 cm³/mol. The minimum atomic E-state index is -0.611. The molecule has 0 amide bonds. The zero-order chi connectivity index (χ0) is 13.8. The fraction of sp³-hybridized carbons (Fsp3) is 0.214. The lowest BCUT2D eigenvalue weighted by Gasteiger charge is -2.20. The molecule has 0 aliphatic heterocycles. The molecule has 100 valence electrons. The highest BCUT2D eigenvalue weighted by molar-refractivity contribution is 5.45. The Bertz CT molecular complexity index is 552. The van der Waals surface area contributed by atoms with Crippen LogP contribution in [0.4, 0.5) is 14.6 Å². The fourth-order valence-electron chi connectivity index (χ4n) is 2.03. The van der Waals surface area contributed by atoms with Crippen LogP contribution in [0.25, 0.3) is 0 Å². The van der Waals surface area contributed by atoms with E-state index in [0.717, 1.165) is 6.07 Å². The van der Waals surface area contributed by atoms with Crippen molar-refractivity contribution in [3.63, 3.8) is 0 Å². The van der Waals surface area contributed by atoms with Crippen LogP contribution in [-0.2, 0) is 0 Å². The Labute approximate surface area is 110 Å². The Kier molecular flexibility index (Phi) is 4.06. The molecule has 3 nitrogen and oxygen atoms in total. The summed E-state index contributed by atoms with van der Waals surface area (Å²) >= 11 is 0. The number of hydrogen-bond acceptors (Lipinski definition) is 3. The number of anilines is 1. The molecule has 19 heavy (non-hydrogen) atoms. The summed E-state index contributed by atoms with van der Waals surface area (Å²) in [6.07, 6.45) is 1.58. The van der Waals surface area contributed by atoms with Crippen LogP contribution in [0.1, 0.15) is 24.1 Å². The molecule has 0 bridgehead atoms. The topological polar surface area (TPSA) is 50.9 Å². The van der Waals surface area contributed by atoms with Crippen molar-refractivity contribution in [3.05, 3.63) is 59.3 Å². The van der Waals surface area contributed by atoms with Gasteiger partial charge >= 0.3 is 0 Å². The van der Waals surface area contributed by atoms with Gasteiger partial charge in [0, 0.05) is 17.8 Å². The Morgan fingerprint density at radius 3 is 2.53 bits per heavy atom. The summed E-state index contributed by atoms with van der Waals surface area (Å²) in [6.45, 7) is 2.55. The first-order valence-corrected chi connectivity index (χ1v) is 6.01. The number of nitrogens with one attached hydrogen (secondary N) is 1. The van der Waals surface area contributed by atoms with E-state index in [1.807, 2.05) is 6.92 Å². The third-order valence-corrected chi connectivity index (χ3v) is 2.81. The molecule has 0 aliphatic carbocycles. The van der Waals surface area contributed by atoms with Gasteiger partial charge in [-0.15, -0.1) is 0 Å². The number of nitrogen functional groups attached to an aromatic ring is 1. The zero-order valence-corrected chi connectivity index (χ0v) is 10.5. The van der Waals surface area contributed by atoms with E-state index in [2.05, 4.69) is 10.3 Å². The minimum Gasteiger partial charge on any atom is -0.383 e. The second-order valence-electron chi connectivity index (χ2n) is 4.17. The Morgan fingerprint density at radius 1 is 1.26 bits per heavy atom. The van der Waals surface area contributed by atoms with Gasteiger partial charge in [-0.2, -0.15) is 0 Å². The second kappa shape index (κ2) is 5.75. The molecular formula is C14H15F2N3. The lowest BCUT2D eigenvalue weighted by Crippen LogP contribution is -2.23. The van der Waals surface area contributed by atoms with Gasteiger partial charge in [-0.3, -0.25) is 0 Å². The molecule has 1 heterocycles. The van der Waals surface area contributed by atoms with Crippen LogP contribution in [0.15, 0.2) is 36.5 Å². The third-order valence-electron chi connectivity index (χ3n) is 2.81. The molecule has 0 fully saturated rings. The maximum Gasteiger partial charge on any atom is 0.128 e. The number of rotatable bonds is 4. The highest BCUT2D eigenvalue weighted by Crippen LogP contribution is 2.26. The van der Waals surface area contributed by atoms with E-state index >= 15 is 0 Å². The van der Waals surface area contributed by atoms with Crippen molar-refractivity contribution in [2.75, 3.05) is 12.3 Å².